The van der Waals surface area contributed by atoms with Crippen LogP contribution in [0.25, 0.3) is 0 Å². The van der Waals surface area contributed by atoms with Crippen molar-refractivity contribution in [3.8, 4) is 0 Å². The lowest BCUT2D eigenvalue weighted by atomic mass is 9.47. The van der Waals surface area contributed by atoms with Crippen LogP contribution >= 0.6 is 0 Å². The number of carbonyl (C=O) groups excluding carboxylic acids is 1. The fraction of sp³-hybridized carbons (Fsp3) is 0.870. The maximum Gasteiger partial charge on any atom is 0.227 e. The molecule has 4 aliphatic carbocycles. The molecule has 4 fully saturated rings. The normalized spacial score (nSPS) is 52.7. The summed E-state index contributed by atoms with van der Waals surface area (Å²) < 4.78 is 0. The molecule has 0 bridgehead atoms. The molecule has 0 radical (unpaired) electrons. The second-order valence-corrected chi connectivity index (χ2v) is 10.6. The number of allylic oxidation sites excluding steroid dienone is 1. The van der Waals surface area contributed by atoms with Gasteiger partial charge in [-0.15, -0.1) is 0 Å². The monoisotopic (exact) mass is 356 g/mol. The summed E-state index contributed by atoms with van der Waals surface area (Å²) in [5, 5.41) is 3.33. The zero-order chi connectivity index (χ0) is 18.3. The van der Waals surface area contributed by atoms with E-state index in [9.17, 15) is 4.79 Å². The lowest BCUT2D eigenvalue weighted by Crippen LogP contribution is -2.53. The van der Waals surface area contributed by atoms with Crippen LogP contribution in [0.5, 0.6) is 0 Å². The maximum absolute atomic E-state index is 13.0. The van der Waals surface area contributed by atoms with Gasteiger partial charge in [0.15, 0.2) is 0 Å². The summed E-state index contributed by atoms with van der Waals surface area (Å²) in [5.74, 6) is 3.20. The SMILES string of the molecule is CC1NC(=O)[C@]23CC[C@H]4[C@@H](CC=C5C[C@@H](N(C)C)CC[C@@]54C)[C@@H]2CC[C@H]13. The van der Waals surface area contributed by atoms with Gasteiger partial charge in [-0.2, -0.15) is 0 Å². The van der Waals surface area contributed by atoms with Gasteiger partial charge in [0.25, 0.3) is 0 Å². The number of hydrogen-bond donors (Lipinski definition) is 1. The van der Waals surface area contributed by atoms with Gasteiger partial charge in [0.05, 0.1) is 5.41 Å². The van der Waals surface area contributed by atoms with Crippen LogP contribution < -0.4 is 5.32 Å². The Morgan fingerprint density at radius 3 is 2.62 bits per heavy atom. The quantitative estimate of drug-likeness (QED) is 0.721. The van der Waals surface area contributed by atoms with E-state index in [2.05, 4.69) is 44.2 Å². The largest absolute Gasteiger partial charge is 0.353 e. The number of amides is 1. The van der Waals surface area contributed by atoms with Gasteiger partial charge in [0.2, 0.25) is 5.91 Å². The van der Waals surface area contributed by atoms with Gasteiger partial charge in [-0.05, 0) is 101 Å². The first-order valence-corrected chi connectivity index (χ1v) is 11.0. The van der Waals surface area contributed by atoms with Gasteiger partial charge in [-0.3, -0.25) is 4.79 Å². The predicted molar refractivity (Wildman–Crippen MR) is 105 cm³/mol. The molecule has 3 saturated carbocycles. The van der Waals surface area contributed by atoms with Crippen LogP contribution in [0.3, 0.4) is 0 Å². The van der Waals surface area contributed by atoms with Gasteiger partial charge in [-0.1, -0.05) is 18.6 Å². The Hall–Kier alpha value is -0.830. The van der Waals surface area contributed by atoms with E-state index in [1.165, 1.54) is 44.9 Å². The minimum atomic E-state index is -0.0108. The Morgan fingerprint density at radius 1 is 1.08 bits per heavy atom. The molecule has 3 nitrogen and oxygen atoms in total. The Labute approximate surface area is 159 Å². The molecule has 1 saturated heterocycles. The summed E-state index contributed by atoms with van der Waals surface area (Å²) >= 11 is 0. The molecule has 5 aliphatic rings. The molecule has 0 aromatic rings. The number of nitrogens with one attached hydrogen (secondary N) is 1. The van der Waals surface area contributed by atoms with Crippen LogP contribution in [-0.4, -0.2) is 37.0 Å². The van der Waals surface area contributed by atoms with Gasteiger partial charge in [0.1, 0.15) is 0 Å². The highest BCUT2D eigenvalue weighted by Gasteiger charge is 2.66. The third kappa shape index (κ3) is 2.02. The van der Waals surface area contributed by atoms with Crippen molar-refractivity contribution in [2.24, 2.45) is 34.5 Å². The zero-order valence-electron chi connectivity index (χ0n) is 17.1. The first kappa shape index (κ1) is 17.3. The fourth-order valence-corrected chi connectivity index (χ4v) is 8.39. The van der Waals surface area contributed by atoms with Gasteiger partial charge in [0, 0.05) is 12.1 Å². The van der Waals surface area contributed by atoms with Crippen molar-refractivity contribution in [2.75, 3.05) is 14.1 Å². The molecule has 1 N–H and O–H groups in total. The third-order valence-corrected chi connectivity index (χ3v) is 9.77. The number of nitrogens with zero attached hydrogens (tertiary/aromatic N) is 1. The van der Waals surface area contributed by atoms with Crippen molar-refractivity contribution in [2.45, 2.75) is 77.3 Å². The summed E-state index contributed by atoms with van der Waals surface area (Å²) in [4.78, 5) is 15.5. The van der Waals surface area contributed by atoms with Crippen molar-refractivity contribution < 1.29 is 4.79 Å². The van der Waals surface area contributed by atoms with E-state index in [-0.39, 0.29) is 5.41 Å². The van der Waals surface area contributed by atoms with E-state index >= 15 is 0 Å². The summed E-state index contributed by atoms with van der Waals surface area (Å²) in [5.41, 5.74) is 2.14. The molecule has 8 atom stereocenters. The first-order chi connectivity index (χ1) is 12.4. The lowest BCUT2D eigenvalue weighted by Gasteiger charge is -2.57. The Morgan fingerprint density at radius 2 is 1.85 bits per heavy atom. The first-order valence-electron chi connectivity index (χ1n) is 11.0. The minimum absolute atomic E-state index is 0.0108. The third-order valence-electron chi connectivity index (χ3n) is 9.77. The summed E-state index contributed by atoms with van der Waals surface area (Å²) in [6, 6.07) is 1.11. The molecular weight excluding hydrogens is 320 g/mol. The molecule has 0 aromatic carbocycles. The van der Waals surface area contributed by atoms with Gasteiger partial charge >= 0.3 is 0 Å². The second-order valence-electron chi connectivity index (χ2n) is 10.6. The standard InChI is InChI=1S/C23H36N2O/c1-14-18-7-8-20-17-6-5-15-13-16(25(3)4)9-11-22(15,2)19(17)10-12-23(18,20)21(26)24-14/h5,14,16-20H,6-13H2,1-4H3,(H,24,26)/t14?,16-,17+,18+,19-,20-,22-,23-/m0/s1. The molecule has 3 heteroatoms. The van der Waals surface area contributed by atoms with Crippen molar-refractivity contribution in [3.05, 3.63) is 11.6 Å². The van der Waals surface area contributed by atoms with Crippen LogP contribution in [0.1, 0.15) is 65.2 Å². The van der Waals surface area contributed by atoms with E-state index in [0.717, 1.165) is 24.3 Å². The highest BCUT2D eigenvalue weighted by Crippen LogP contribution is 2.68. The summed E-state index contributed by atoms with van der Waals surface area (Å²) in [6.45, 7) is 4.82. The molecule has 144 valence electrons. The van der Waals surface area contributed by atoms with E-state index in [1.54, 1.807) is 5.57 Å². The van der Waals surface area contributed by atoms with Crippen LogP contribution in [0.15, 0.2) is 11.6 Å². The summed E-state index contributed by atoms with van der Waals surface area (Å²) in [7, 11) is 4.48. The fourth-order valence-electron chi connectivity index (χ4n) is 8.39. The van der Waals surface area contributed by atoms with Crippen molar-refractivity contribution >= 4 is 5.91 Å². The molecule has 5 rings (SSSR count). The molecule has 1 amide bonds. The zero-order valence-corrected chi connectivity index (χ0v) is 17.1. The average molecular weight is 357 g/mol. The smallest absolute Gasteiger partial charge is 0.227 e. The van der Waals surface area contributed by atoms with Crippen LogP contribution in [0.4, 0.5) is 0 Å². The van der Waals surface area contributed by atoms with Gasteiger partial charge in [-0.25, -0.2) is 0 Å². The molecule has 1 spiro atoms. The average Bonchev–Trinajstić information content (AvgIpc) is 3.10. The van der Waals surface area contributed by atoms with Crippen molar-refractivity contribution in [1.29, 1.82) is 0 Å². The van der Waals surface area contributed by atoms with Crippen LogP contribution in [-0.2, 0) is 4.79 Å². The Kier molecular flexibility index (Phi) is 3.72. The Balaban J connectivity index is 1.48. The van der Waals surface area contributed by atoms with Crippen molar-refractivity contribution in [3.63, 3.8) is 0 Å². The highest BCUT2D eigenvalue weighted by atomic mass is 16.2. The molecule has 1 aliphatic heterocycles. The molecule has 1 unspecified atom stereocenters. The van der Waals surface area contributed by atoms with E-state index in [0.29, 0.717) is 29.2 Å². The van der Waals surface area contributed by atoms with E-state index in [4.69, 9.17) is 0 Å². The number of carbonyl (C=O) groups is 1. The Bertz CT molecular complexity index is 655. The van der Waals surface area contributed by atoms with Crippen molar-refractivity contribution in [1.82, 2.24) is 10.2 Å². The molecule has 0 aromatic heterocycles. The topological polar surface area (TPSA) is 32.3 Å². The van der Waals surface area contributed by atoms with Crippen LogP contribution in [0, 0.1) is 34.5 Å². The number of hydrogen-bond acceptors (Lipinski definition) is 2. The number of rotatable bonds is 1. The lowest BCUT2D eigenvalue weighted by molar-refractivity contribution is -0.138. The maximum atomic E-state index is 13.0. The summed E-state index contributed by atoms with van der Waals surface area (Å²) in [6.07, 6.45) is 12.8. The van der Waals surface area contributed by atoms with E-state index < -0.39 is 0 Å². The molecular formula is C23H36N2O. The predicted octanol–water partition coefficient (Wildman–Crippen LogP) is 3.99. The van der Waals surface area contributed by atoms with E-state index in [1.807, 2.05) is 0 Å². The molecule has 26 heavy (non-hydrogen) atoms. The van der Waals surface area contributed by atoms with Gasteiger partial charge < -0.3 is 10.2 Å². The second kappa shape index (κ2) is 5.59. The minimum Gasteiger partial charge on any atom is -0.353 e. The number of fused-ring (bicyclic) bond motifs is 4. The molecule has 1 heterocycles. The van der Waals surface area contributed by atoms with Crippen LogP contribution in [0.2, 0.25) is 0 Å². The highest BCUT2D eigenvalue weighted by molar-refractivity contribution is 5.87.